The van der Waals surface area contributed by atoms with Gasteiger partial charge in [0.05, 0.1) is 5.54 Å². The molecule has 0 aliphatic heterocycles. The van der Waals surface area contributed by atoms with Crippen LogP contribution in [0.4, 0.5) is 0 Å². The highest BCUT2D eigenvalue weighted by Gasteiger charge is 2.27. The normalized spacial score (nSPS) is 11.9. The summed E-state index contributed by atoms with van der Waals surface area (Å²) in [6.07, 6.45) is 2.51. The van der Waals surface area contributed by atoms with Crippen LogP contribution in [-0.2, 0) is 4.79 Å². The molecule has 0 aliphatic rings. The Balaban J connectivity index is 4.11. The van der Waals surface area contributed by atoms with Crippen molar-refractivity contribution in [3.63, 3.8) is 0 Å². The minimum atomic E-state index is -0.131. The number of rotatable bonds is 7. The van der Waals surface area contributed by atoms with Crippen LogP contribution in [-0.4, -0.2) is 22.1 Å². The molecule has 0 radical (unpaired) electrons. The Hall–Kier alpha value is 0.430. The fourth-order valence-corrected chi connectivity index (χ4v) is 3.16. The molecule has 0 saturated carbocycles. The fraction of sp³-hybridized carbons (Fsp3) is 0.909. The summed E-state index contributed by atoms with van der Waals surface area (Å²) in [5, 5.41) is 4.68. The van der Waals surface area contributed by atoms with Gasteiger partial charge in [0.1, 0.15) is 0 Å². The lowest BCUT2D eigenvalue weighted by Crippen LogP contribution is -2.51. The van der Waals surface area contributed by atoms with Gasteiger partial charge in [-0.15, -0.1) is 0 Å². The lowest BCUT2D eigenvalue weighted by atomic mass is 10.0. The summed E-state index contributed by atoms with van der Waals surface area (Å²) in [7, 11) is 0. The monoisotopic (exact) mass is 341 g/mol. The van der Waals surface area contributed by atoms with Crippen molar-refractivity contribution < 1.29 is 4.79 Å². The zero-order chi connectivity index (χ0) is 11.9. The first-order valence-corrected chi connectivity index (χ1v) is 7.67. The molecule has 0 spiro atoms. The molecule has 0 fully saturated rings. The fourth-order valence-electron chi connectivity index (χ4n) is 1.16. The van der Waals surface area contributed by atoms with E-state index < -0.39 is 0 Å². The highest BCUT2D eigenvalue weighted by molar-refractivity contribution is 9.09. The van der Waals surface area contributed by atoms with Gasteiger partial charge in [-0.05, 0) is 18.8 Å². The topological polar surface area (TPSA) is 29.1 Å². The number of nitrogens with one attached hydrogen (secondary N) is 1. The largest absolute Gasteiger partial charge is 0.349 e. The lowest BCUT2D eigenvalue weighted by Gasteiger charge is -2.30. The molecule has 0 aromatic rings. The van der Waals surface area contributed by atoms with Gasteiger partial charge in [0.25, 0.3) is 0 Å². The third-order valence-electron chi connectivity index (χ3n) is 2.54. The first-order valence-electron chi connectivity index (χ1n) is 5.42. The Labute approximate surface area is 110 Å². The maximum Gasteiger partial charge on any atom is 0.220 e. The zero-order valence-corrected chi connectivity index (χ0v) is 12.9. The molecule has 90 valence electrons. The maximum atomic E-state index is 11.7. The molecule has 2 nitrogen and oxygen atoms in total. The van der Waals surface area contributed by atoms with E-state index in [0.29, 0.717) is 12.3 Å². The number of carbonyl (C=O) groups excluding carboxylic acids is 1. The molecule has 0 aromatic heterocycles. The summed E-state index contributed by atoms with van der Waals surface area (Å²) < 4.78 is 0. The number of halogens is 2. The molecular formula is C11H21Br2NO. The molecule has 0 aliphatic carbocycles. The van der Waals surface area contributed by atoms with Crippen LogP contribution >= 0.6 is 31.9 Å². The molecule has 4 heteroatoms. The Morgan fingerprint density at radius 2 is 1.87 bits per heavy atom. The SMILES string of the molecule is CCC(CBr)(CBr)NC(=O)CCC(C)C. The van der Waals surface area contributed by atoms with E-state index in [1.54, 1.807) is 0 Å². The Bertz CT molecular complexity index is 183. The number of hydrogen-bond donors (Lipinski definition) is 1. The maximum absolute atomic E-state index is 11.7. The number of amides is 1. The van der Waals surface area contributed by atoms with Crippen molar-refractivity contribution in [1.29, 1.82) is 0 Å². The van der Waals surface area contributed by atoms with Crippen LogP contribution in [0.2, 0.25) is 0 Å². The number of carbonyl (C=O) groups is 1. The molecule has 0 saturated heterocycles. The van der Waals surface area contributed by atoms with Crippen LogP contribution in [0.3, 0.4) is 0 Å². The average molecular weight is 343 g/mol. The summed E-state index contributed by atoms with van der Waals surface area (Å²) in [5.74, 6) is 0.740. The highest BCUT2D eigenvalue weighted by atomic mass is 79.9. The van der Waals surface area contributed by atoms with Crippen molar-refractivity contribution in [1.82, 2.24) is 5.32 Å². The minimum absolute atomic E-state index is 0.131. The van der Waals surface area contributed by atoms with E-state index in [2.05, 4.69) is 57.9 Å². The molecule has 0 bridgehead atoms. The van der Waals surface area contributed by atoms with Gasteiger partial charge in [0, 0.05) is 17.1 Å². The minimum Gasteiger partial charge on any atom is -0.349 e. The van der Waals surface area contributed by atoms with Crippen molar-refractivity contribution in [3.05, 3.63) is 0 Å². The quantitative estimate of drug-likeness (QED) is 0.705. The van der Waals surface area contributed by atoms with E-state index >= 15 is 0 Å². The van der Waals surface area contributed by atoms with Gasteiger partial charge in [-0.1, -0.05) is 52.6 Å². The number of alkyl halides is 2. The Morgan fingerprint density at radius 1 is 1.33 bits per heavy atom. The smallest absolute Gasteiger partial charge is 0.220 e. The van der Waals surface area contributed by atoms with Crippen LogP contribution in [0.5, 0.6) is 0 Å². The van der Waals surface area contributed by atoms with Gasteiger partial charge in [-0.25, -0.2) is 0 Å². The molecule has 0 aromatic carbocycles. The van der Waals surface area contributed by atoms with E-state index in [1.807, 2.05) is 0 Å². The van der Waals surface area contributed by atoms with Crippen molar-refractivity contribution in [2.45, 2.75) is 45.6 Å². The van der Waals surface area contributed by atoms with E-state index in [1.165, 1.54) is 0 Å². The molecule has 0 rings (SSSR count). The molecule has 1 N–H and O–H groups in total. The highest BCUT2D eigenvalue weighted by Crippen LogP contribution is 2.17. The van der Waals surface area contributed by atoms with Gasteiger partial charge in [0.15, 0.2) is 0 Å². The van der Waals surface area contributed by atoms with Gasteiger partial charge in [-0.3, -0.25) is 4.79 Å². The van der Waals surface area contributed by atoms with E-state index in [-0.39, 0.29) is 11.4 Å². The summed E-state index contributed by atoms with van der Waals surface area (Å²) >= 11 is 6.91. The summed E-state index contributed by atoms with van der Waals surface area (Å²) in [4.78, 5) is 11.7. The van der Waals surface area contributed by atoms with Gasteiger partial charge < -0.3 is 5.32 Å². The Kier molecular flexibility index (Phi) is 7.88. The second-order valence-corrected chi connectivity index (χ2v) is 5.50. The molecule has 0 heterocycles. The first-order chi connectivity index (χ1) is 6.99. The number of hydrogen-bond acceptors (Lipinski definition) is 1. The second-order valence-electron chi connectivity index (χ2n) is 4.38. The second kappa shape index (κ2) is 7.66. The van der Waals surface area contributed by atoms with Gasteiger partial charge >= 0.3 is 0 Å². The summed E-state index contributed by atoms with van der Waals surface area (Å²) in [6.45, 7) is 6.36. The predicted molar refractivity (Wildman–Crippen MR) is 72.8 cm³/mol. The molecule has 1 amide bonds. The molecule has 0 unspecified atom stereocenters. The molecule has 0 atom stereocenters. The van der Waals surface area contributed by atoms with E-state index in [4.69, 9.17) is 0 Å². The average Bonchev–Trinajstić information content (AvgIpc) is 2.23. The van der Waals surface area contributed by atoms with Crippen molar-refractivity contribution in [2.24, 2.45) is 5.92 Å². The summed E-state index contributed by atoms with van der Waals surface area (Å²) in [5.41, 5.74) is -0.131. The van der Waals surface area contributed by atoms with Crippen LogP contribution < -0.4 is 5.32 Å². The van der Waals surface area contributed by atoms with E-state index in [0.717, 1.165) is 23.5 Å². The predicted octanol–water partition coefficient (Wildman–Crippen LogP) is 3.48. The van der Waals surface area contributed by atoms with Crippen LogP contribution in [0.25, 0.3) is 0 Å². The van der Waals surface area contributed by atoms with Crippen LogP contribution in [0.1, 0.15) is 40.0 Å². The van der Waals surface area contributed by atoms with Gasteiger partial charge in [-0.2, -0.15) is 0 Å². The zero-order valence-electron chi connectivity index (χ0n) is 9.78. The van der Waals surface area contributed by atoms with Crippen LogP contribution in [0, 0.1) is 5.92 Å². The van der Waals surface area contributed by atoms with Crippen LogP contribution in [0.15, 0.2) is 0 Å². The van der Waals surface area contributed by atoms with Gasteiger partial charge in [0.2, 0.25) is 5.91 Å². The van der Waals surface area contributed by atoms with E-state index in [9.17, 15) is 4.79 Å². The lowest BCUT2D eigenvalue weighted by molar-refractivity contribution is -0.122. The first kappa shape index (κ1) is 15.4. The standard InChI is InChI=1S/C11H21Br2NO/c1-4-11(7-12,8-13)14-10(15)6-5-9(2)3/h9H,4-8H2,1-3H3,(H,14,15). The molecular weight excluding hydrogens is 322 g/mol. The van der Waals surface area contributed by atoms with Crippen molar-refractivity contribution in [3.8, 4) is 0 Å². The third kappa shape index (κ3) is 5.91. The Morgan fingerprint density at radius 3 is 2.20 bits per heavy atom. The summed E-state index contributed by atoms with van der Waals surface area (Å²) in [6, 6.07) is 0. The third-order valence-corrected chi connectivity index (χ3v) is 4.69. The molecule has 15 heavy (non-hydrogen) atoms. The van der Waals surface area contributed by atoms with Crippen molar-refractivity contribution >= 4 is 37.8 Å². The van der Waals surface area contributed by atoms with Crippen molar-refractivity contribution in [2.75, 3.05) is 10.7 Å².